The summed E-state index contributed by atoms with van der Waals surface area (Å²) in [6.45, 7) is 1.85. The van der Waals surface area contributed by atoms with E-state index >= 15 is 0 Å². The summed E-state index contributed by atoms with van der Waals surface area (Å²) in [6.07, 6.45) is 2.93. The fourth-order valence-electron chi connectivity index (χ4n) is 2.83. The van der Waals surface area contributed by atoms with E-state index in [0.29, 0.717) is 16.5 Å². The summed E-state index contributed by atoms with van der Waals surface area (Å²) in [4.78, 5) is 11.6. The quantitative estimate of drug-likeness (QED) is 0.547. The van der Waals surface area contributed by atoms with E-state index in [2.05, 4.69) is 0 Å². The predicted molar refractivity (Wildman–Crippen MR) is 108 cm³/mol. The van der Waals surface area contributed by atoms with Gasteiger partial charge in [-0.25, -0.2) is 8.42 Å². The van der Waals surface area contributed by atoms with Gasteiger partial charge in [-0.1, -0.05) is 59.8 Å². The van der Waals surface area contributed by atoms with Crippen LogP contribution in [0.15, 0.2) is 47.4 Å². The van der Waals surface area contributed by atoms with Gasteiger partial charge in [0.05, 0.1) is 14.9 Å². The van der Waals surface area contributed by atoms with E-state index in [1.165, 1.54) is 12.1 Å². The van der Waals surface area contributed by atoms with Crippen molar-refractivity contribution in [3.63, 3.8) is 0 Å². The van der Waals surface area contributed by atoms with Gasteiger partial charge in [-0.15, -0.1) is 0 Å². The molecule has 0 bridgehead atoms. The third-order valence-electron chi connectivity index (χ3n) is 4.42. The number of unbranched alkanes of at least 4 members (excludes halogenated alkanes) is 2. The number of benzene rings is 2. The number of carboxylic acids is 1. The summed E-state index contributed by atoms with van der Waals surface area (Å²) in [5.74, 6) is -1.31. The van der Waals surface area contributed by atoms with E-state index in [0.717, 1.165) is 30.4 Å². The van der Waals surface area contributed by atoms with Gasteiger partial charge >= 0.3 is 5.97 Å². The number of hydrogen-bond donors (Lipinski definition) is 1. The molecule has 27 heavy (non-hydrogen) atoms. The van der Waals surface area contributed by atoms with Crippen LogP contribution in [0.25, 0.3) is 0 Å². The minimum atomic E-state index is -3.90. The number of halogens is 2. The first kappa shape index (κ1) is 21.7. The van der Waals surface area contributed by atoms with E-state index < -0.39 is 21.1 Å². The molecule has 0 fully saturated rings. The van der Waals surface area contributed by atoms with Crippen molar-refractivity contribution in [3.05, 3.63) is 63.6 Å². The van der Waals surface area contributed by atoms with Crippen molar-refractivity contribution < 1.29 is 18.3 Å². The summed E-state index contributed by atoms with van der Waals surface area (Å²) in [5, 5.41) is 8.99. The largest absolute Gasteiger partial charge is 0.480 e. The lowest BCUT2D eigenvalue weighted by atomic mass is 10.1. The van der Waals surface area contributed by atoms with Gasteiger partial charge in [-0.05, 0) is 56.0 Å². The Labute approximate surface area is 170 Å². The minimum Gasteiger partial charge on any atom is -0.480 e. The van der Waals surface area contributed by atoms with Gasteiger partial charge in [0.1, 0.15) is 0 Å². The van der Waals surface area contributed by atoms with Crippen LogP contribution < -0.4 is 0 Å². The molecular weight excluding hydrogens is 407 g/mol. The number of hydrogen-bond acceptors (Lipinski definition) is 3. The fraction of sp³-hybridized carbons (Fsp3) is 0.350. The third kappa shape index (κ3) is 5.96. The predicted octanol–water partition coefficient (Wildman–Crippen LogP) is 5.33. The van der Waals surface area contributed by atoms with Crippen LogP contribution in [0.1, 0.15) is 36.8 Å². The smallest absolute Gasteiger partial charge is 0.322 e. The first-order valence-electron chi connectivity index (χ1n) is 8.69. The van der Waals surface area contributed by atoms with Crippen molar-refractivity contribution >= 4 is 39.0 Å². The van der Waals surface area contributed by atoms with Gasteiger partial charge in [-0.3, -0.25) is 4.79 Å². The molecule has 4 nitrogen and oxygen atoms in total. The highest BCUT2D eigenvalue weighted by molar-refractivity contribution is 7.92. The monoisotopic (exact) mass is 428 g/mol. The molecule has 1 unspecified atom stereocenters. The molecule has 0 amide bonds. The molecule has 0 aromatic heterocycles. The van der Waals surface area contributed by atoms with Crippen LogP contribution in [0.5, 0.6) is 0 Å². The summed E-state index contributed by atoms with van der Waals surface area (Å²) >= 11 is 11.9. The molecule has 0 spiro atoms. The summed E-state index contributed by atoms with van der Waals surface area (Å²) in [5.41, 5.74) is 1.97. The lowest BCUT2D eigenvalue weighted by Gasteiger charge is -2.14. The Bertz CT molecular complexity index is 893. The van der Waals surface area contributed by atoms with Crippen LogP contribution in [0, 0.1) is 6.92 Å². The Balaban J connectivity index is 1.91. The maximum absolute atomic E-state index is 12.6. The Hall–Kier alpha value is -1.56. The topological polar surface area (TPSA) is 71.4 Å². The average Bonchev–Trinajstić information content (AvgIpc) is 2.60. The molecule has 0 heterocycles. The molecule has 2 rings (SSSR count). The summed E-state index contributed by atoms with van der Waals surface area (Å²) in [6, 6.07) is 11.7. The Morgan fingerprint density at radius 2 is 1.67 bits per heavy atom. The fourth-order valence-corrected chi connectivity index (χ4v) is 4.74. The zero-order valence-corrected chi connectivity index (χ0v) is 17.3. The number of aliphatic carboxylic acids is 1. The summed E-state index contributed by atoms with van der Waals surface area (Å²) < 4.78 is 25.3. The van der Waals surface area contributed by atoms with E-state index in [1.54, 1.807) is 18.2 Å². The van der Waals surface area contributed by atoms with Crippen LogP contribution in [0.2, 0.25) is 10.0 Å². The first-order chi connectivity index (χ1) is 12.7. The zero-order valence-electron chi connectivity index (χ0n) is 15.0. The highest BCUT2D eigenvalue weighted by Crippen LogP contribution is 2.24. The maximum atomic E-state index is 12.6. The van der Waals surface area contributed by atoms with Crippen LogP contribution >= 0.6 is 23.2 Å². The van der Waals surface area contributed by atoms with Crippen molar-refractivity contribution in [3.8, 4) is 0 Å². The molecule has 0 aliphatic heterocycles. The van der Waals surface area contributed by atoms with Crippen molar-refractivity contribution in [2.45, 2.75) is 49.2 Å². The average molecular weight is 429 g/mol. The number of aryl methyl sites for hydroxylation is 2. The highest BCUT2D eigenvalue weighted by Gasteiger charge is 2.33. The Morgan fingerprint density at radius 3 is 2.26 bits per heavy atom. The molecule has 2 aromatic carbocycles. The maximum Gasteiger partial charge on any atom is 0.322 e. The van der Waals surface area contributed by atoms with Gasteiger partial charge < -0.3 is 5.11 Å². The molecule has 146 valence electrons. The van der Waals surface area contributed by atoms with E-state index in [9.17, 15) is 18.3 Å². The second kappa shape index (κ2) is 9.58. The molecule has 0 aliphatic rings. The van der Waals surface area contributed by atoms with Gasteiger partial charge in [0.2, 0.25) is 0 Å². The SMILES string of the molecule is Cc1ccc(S(=O)(=O)C(CCCCCc2ccc(Cl)c(Cl)c2)C(=O)O)cc1. The lowest BCUT2D eigenvalue weighted by Crippen LogP contribution is -2.30. The molecule has 1 atom stereocenters. The number of carbonyl (C=O) groups is 1. The van der Waals surface area contributed by atoms with Gasteiger partial charge in [0, 0.05) is 0 Å². The van der Waals surface area contributed by atoms with Crippen molar-refractivity contribution in [1.82, 2.24) is 0 Å². The van der Waals surface area contributed by atoms with E-state index in [-0.39, 0.29) is 11.3 Å². The Kier molecular flexibility index (Phi) is 7.71. The van der Waals surface area contributed by atoms with Crippen LogP contribution in [-0.2, 0) is 21.1 Å². The third-order valence-corrected chi connectivity index (χ3v) is 7.27. The molecule has 2 aromatic rings. The van der Waals surface area contributed by atoms with Crippen LogP contribution in [-0.4, -0.2) is 24.7 Å². The first-order valence-corrected chi connectivity index (χ1v) is 11.0. The molecule has 1 N–H and O–H groups in total. The van der Waals surface area contributed by atoms with E-state index in [1.807, 2.05) is 19.1 Å². The number of sulfone groups is 1. The van der Waals surface area contributed by atoms with Gasteiger partial charge in [0.15, 0.2) is 15.1 Å². The van der Waals surface area contributed by atoms with Crippen molar-refractivity contribution in [2.75, 3.05) is 0 Å². The highest BCUT2D eigenvalue weighted by atomic mass is 35.5. The second-order valence-corrected chi connectivity index (χ2v) is 9.48. The molecule has 0 radical (unpaired) electrons. The standard InChI is InChI=1S/C20H22Cl2O4S/c1-14-7-10-16(11-8-14)27(25,26)19(20(23)24)6-4-2-3-5-15-9-12-17(21)18(22)13-15/h7-13,19H,2-6H2,1H3,(H,23,24). The molecule has 7 heteroatoms. The van der Waals surface area contributed by atoms with Crippen molar-refractivity contribution in [1.29, 1.82) is 0 Å². The number of rotatable bonds is 9. The van der Waals surface area contributed by atoms with Crippen LogP contribution in [0.4, 0.5) is 0 Å². The summed E-state index contributed by atoms with van der Waals surface area (Å²) in [7, 11) is -3.90. The lowest BCUT2D eigenvalue weighted by molar-refractivity contribution is -0.136. The normalized spacial score (nSPS) is 12.7. The van der Waals surface area contributed by atoms with Crippen LogP contribution in [0.3, 0.4) is 0 Å². The Morgan fingerprint density at radius 1 is 1.00 bits per heavy atom. The van der Waals surface area contributed by atoms with E-state index in [4.69, 9.17) is 23.2 Å². The molecule has 0 saturated heterocycles. The van der Waals surface area contributed by atoms with Gasteiger partial charge in [0.25, 0.3) is 0 Å². The number of carboxylic acid groups (broad SMARTS) is 1. The molecule has 0 saturated carbocycles. The van der Waals surface area contributed by atoms with Gasteiger partial charge in [-0.2, -0.15) is 0 Å². The zero-order chi connectivity index (χ0) is 20.0. The molecule has 0 aliphatic carbocycles. The molecular formula is C20H22Cl2O4S. The minimum absolute atomic E-state index is 0.0521. The second-order valence-electron chi connectivity index (χ2n) is 6.53. The van der Waals surface area contributed by atoms with Crippen molar-refractivity contribution in [2.24, 2.45) is 0 Å².